The molecule has 1 aliphatic heterocycles. The SMILES string of the molecule is C[C@]12C=CC(=O)C[C@H]1O[C@@H](c1ccccn1)O2. The van der Waals surface area contributed by atoms with Crippen molar-refractivity contribution in [2.24, 2.45) is 0 Å². The van der Waals surface area contributed by atoms with E-state index in [9.17, 15) is 4.79 Å². The Morgan fingerprint density at radius 1 is 1.47 bits per heavy atom. The molecule has 0 amide bonds. The van der Waals surface area contributed by atoms with E-state index in [4.69, 9.17) is 9.47 Å². The molecule has 0 saturated carbocycles. The van der Waals surface area contributed by atoms with Crippen molar-refractivity contribution in [2.75, 3.05) is 0 Å². The zero-order valence-corrected chi connectivity index (χ0v) is 9.50. The molecule has 4 heteroatoms. The highest BCUT2D eigenvalue weighted by atomic mass is 16.7. The third kappa shape index (κ3) is 1.79. The summed E-state index contributed by atoms with van der Waals surface area (Å²) in [6.07, 6.45) is 4.73. The molecule has 1 aromatic heterocycles. The number of fused-ring (bicyclic) bond motifs is 1. The second kappa shape index (κ2) is 3.75. The molecule has 0 N–H and O–H groups in total. The van der Waals surface area contributed by atoms with Crippen LogP contribution in [0.2, 0.25) is 0 Å². The predicted molar refractivity (Wildman–Crippen MR) is 60.1 cm³/mol. The summed E-state index contributed by atoms with van der Waals surface area (Å²) in [5.41, 5.74) is 0.222. The number of aromatic nitrogens is 1. The summed E-state index contributed by atoms with van der Waals surface area (Å²) in [5.74, 6) is 0.0812. The molecule has 0 unspecified atom stereocenters. The van der Waals surface area contributed by atoms with Gasteiger partial charge in [-0.25, -0.2) is 0 Å². The molecule has 3 atom stereocenters. The quantitative estimate of drug-likeness (QED) is 0.739. The van der Waals surface area contributed by atoms with Crippen LogP contribution in [-0.2, 0) is 14.3 Å². The fraction of sp³-hybridized carbons (Fsp3) is 0.385. The van der Waals surface area contributed by atoms with Gasteiger partial charge in [-0.2, -0.15) is 0 Å². The first-order chi connectivity index (χ1) is 8.17. The molecule has 1 fully saturated rings. The van der Waals surface area contributed by atoms with Gasteiger partial charge in [0.1, 0.15) is 11.7 Å². The normalized spacial score (nSPS) is 35.9. The van der Waals surface area contributed by atoms with Crippen molar-refractivity contribution in [1.29, 1.82) is 0 Å². The first kappa shape index (κ1) is 10.6. The maximum Gasteiger partial charge on any atom is 0.202 e. The number of hydrogen-bond acceptors (Lipinski definition) is 4. The third-order valence-electron chi connectivity index (χ3n) is 3.20. The number of ether oxygens (including phenoxy) is 2. The van der Waals surface area contributed by atoms with Crippen LogP contribution in [-0.4, -0.2) is 22.5 Å². The Morgan fingerprint density at radius 2 is 2.35 bits per heavy atom. The average Bonchev–Trinajstić information content (AvgIpc) is 2.68. The Labute approximate surface area is 99.3 Å². The van der Waals surface area contributed by atoms with E-state index >= 15 is 0 Å². The number of carbonyl (C=O) groups excluding carboxylic acids is 1. The van der Waals surface area contributed by atoms with E-state index in [-0.39, 0.29) is 11.9 Å². The Balaban J connectivity index is 1.87. The molecule has 1 aromatic rings. The van der Waals surface area contributed by atoms with Crippen molar-refractivity contribution in [3.05, 3.63) is 42.2 Å². The summed E-state index contributed by atoms with van der Waals surface area (Å²) >= 11 is 0. The molecule has 0 radical (unpaired) electrons. The molecule has 3 rings (SSSR count). The summed E-state index contributed by atoms with van der Waals surface area (Å²) in [5, 5.41) is 0. The summed E-state index contributed by atoms with van der Waals surface area (Å²) < 4.78 is 11.6. The summed E-state index contributed by atoms with van der Waals surface area (Å²) in [6.45, 7) is 1.93. The lowest BCUT2D eigenvalue weighted by atomic mass is 9.89. The third-order valence-corrected chi connectivity index (χ3v) is 3.20. The zero-order chi connectivity index (χ0) is 11.9. The van der Waals surface area contributed by atoms with E-state index in [1.165, 1.54) is 0 Å². The van der Waals surface area contributed by atoms with Crippen molar-refractivity contribution in [3.63, 3.8) is 0 Å². The van der Waals surface area contributed by atoms with Crippen LogP contribution in [0.5, 0.6) is 0 Å². The van der Waals surface area contributed by atoms with Crippen molar-refractivity contribution in [3.8, 4) is 0 Å². The van der Waals surface area contributed by atoms with Gasteiger partial charge in [0.25, 0.3) is 0 Å². The summed E-state index contributed by atoms with van der Waals surface area (Å²) in [7, 11) is 0. The average molecular weight is 231 g/mol. The highest BCUT2D eigenvalue weighted by Gasteiger charge is 2.47. The highest BCUT2D eigenvalue weighted by molar-refractivity contribution is 5.91. The second-order valence-electron chi connectivity index (χ2n) is 4.52. The maximum absolute atomic E-state index is 11.4. The number of rotatable bonds is 1. The molecule has 0 spiro atoms. The monoisotopic (exact) mass is 231 g/mol. The Bertz CT molecular complexity index is 471. The van der Waals surface area contributed by atoms with Gasteiger partial charge in [-0.05, 0) is 31.2 Å². The van der Waals surface area contributed by atoms with Gasteiger partial charge in [-0.3, -0.25) is 9.78 Å². The number of hydrogen-bond donors (Lipinski definition) is 0. The smallest absolute Gasteiger partial charge is 0.202 e. The Hall–Kier alpha value is -1.52. The maximum atomic E-state index is 11.4. The fourth-order valence-corrected chi connectivity index (χ4v) is 2.17. The van der Waals surface area contributed by atoms with Gasteiger partial charge in [-0.1, -0.05) is 6.07 Å². The molecule has 2 aliphatic rings. The molecule has 88 valence electrons. The molecule has 1 saturated heterocycles. The van der Waals surface area contributed by atoms with Crippen LogP contribution < -0.4 is 0 Å². The van der Waals surface area contributed by atoms with Crippen LogP contribution in [0.15, 0.2) is 36.5 Å². The van der Waals surface area contributed by atoms with Crippen LogP contribution in [0.25, 0.3) is 0 Å². The van der Waals surface area contributed by atoms with E-state index in [1.54, 1.807) is 18.3 Å². The van der Waals surface area contributed by atoms with Crippen LogP contribution >= 0.6 is 0 Å². The first-order valence-corrected chi connectivity index (χ1v) is 5.64. The van der Waals surface area contributed by atoms with Crippen LogP contribution in [0, 0.1) is 0 Å². The molecular weight excluding hydrogens is 218 g/mol. The van der Waals surface area contributed by atoms with Gasteiger partial charge in [0.2, 0.25) is 6.29 Å². The van der Waals surface area contributed by atoms with E-state index in [0.717, 1.165) is 5.69 Å². The minimum absolute atomic E-state index is 0.0812. The second-order valence-corrected chi connectivity index (χ2v) is 4.52. The highest BCUT2D eigenvalue weighted by Crippen LogP contribution is 2.41. The van der Waals surface area contributed by atoms with E-state index in [0.29, 0.717) is 6.42 Å². The largest absolute Gasteiger partial charge is 0.340 e. The minimum atomic E-state index is -0.518. The van der Waals surface area contributed by atoms with Gasteiger partial charge in [0, 0.05) is 12.6 Å². The molecule has 0 aromatic carbocycles. The van der Waals surface area contributed by atoms with Gasteiger partial charge < -0.3 is 9.47 Å². The summed E-state index contributed by atoms with van der Waals surface area (Å²) in [6, 6.07) is 5.59. The van der Waals surface area contributed by atoms with Crippen LogP contribution in [0.1, 0.15) is 25.3 Å². The number of pyridine rings is 1. The molecule has 1 aliphatic carbocycles. The molecule has 0 bridgehead atoms. The first-order valence-electron chi connectivity index (χ1n) is 5.64. The molecular formula is C13H13NO3. The van der Waals surface area contributed by atoms with Gasteiger partial charge in [0.15, 0.2) is 5.78 Å². The van der Waals surface area contributed by atoms with E-state index in [1.807, 2.05) is 25.1 Å². The lowest BCUT2D eigenvalue weighted by Gasteiger charge is -2.26. The lowest BCUT2D eigenvalue weighted by Crippen LogP contribution is -2.38. The van der Waals surface area contributed by atoms with Crippen molar-refractivity contribution < 1.29 is 14.3 Å². The topological polar surface area (TPSA) is 48.4 Å². The molecule has 2 heterocycles. The fourth-order valence-electron chi connectivity index (χ4n) is 2.17. The van der Waals surface area contributed by atoms with Crippen molar-refractivity contribution in [1.82, 2.24) is 4.98 Å². The van der Waals surface area contributed by atoms with Crippen molar-refractivity contribution >= 4 is 5.78 Å². The zero-order valence-electron chi connectivity index (χ0n) is 9.50. The Kier molecular flexibility index (Phi) is 2.34. The number of nitrogens with zero attached hydrogens (tertiary/aromatic N) is 1. The van der Waals surface area contributed by atoms with E-state index < -0.39 is 11.9 Å². The number of ketones is 1. The molecule has 4 nitrogen and oxygen atoms in total. The number of allylic oxidation sites excluding steroid dienone is 1. The number of carbonyl (C=O) groups is 1. The summed E-state index contributed by atoms with van der Waals surface area (Å²) in [4.78, 5) is 15.6. The lowest BCUT2D eigenvalue weighted by molar-refractivity contribution is -0.118. The van der Waals surface area contributed by atoms with Gasteiger partial charge in [0.05, 0.1) is 5.69 Å². The van der Waals surface area contributed by atoms with Crippen LogP contribution in [0.4, 0.5) is 0 Å². The van der Waals surface area contributed by atoms with Crippen molar-refractivity contribution in [2.45, 2.75) is 31.3 Å². The van der Waals surface area contributed by atoms with E-state index in [2.05, 4.69) is 4.98 Å². The molecule has 17 heavy (non-hydrogen) atoms. The Morgan fingerprint density at radius 3 is 3.12 bits per heavy atom. The minimum Gasteiger partial charge on any atom is -0.340 e. The standard InChI is InChI=1S/C13H13NO3/c1-13-6-5-9(15)8-11(13)16-12(17-13)10-4-2-3-7-14-10/h2-7,11-12H,8H2,1H3/t11-,12-,13+/m1/s1. The van der Waals surface area contributed by atoms with Gasteiger partial charge >= 0.3 is 0 Å². The predicted octanol–water partition coefficient (Wildman–Crippen LogP) is 1.78. The van der Waals surface area contributed by atoms with Crippen LogP contribution in [0.3, 0.4) is 0 Å². The van der Waals surface area contributed by atoms with Gasteiger partial charge in [-0.15, -0.1) is 0 Å².